The summed E-state index contributed by atoms with van der Waals surface area (Å²) in [6.45, 7) is 18.8. The second-order valence-corrected chi connectivity index (χ2v) is 23.1. The fourth-order valence-electron chi connectivity index (χ4n) is 3.93. The first-order valence-electron chi connectivity index (χ1n) is 11.5. The highest BCUT2D eigenvalue weighted by Gasteiger charge is 2.51. The second-order valence-electron chi connectivity index (χ2n) is 11.6. The molecule has 0 amide bonds. The summed E-state index contributed by atoms with van der Waals surface area (Å²) in [7, 11) is -4.30. The zero-order chi connectivity index (χ0) is 25.2. The van der Waals surface area contributed by atoms with Gasteiger partial charge in [0.05, 0.1) is 0 Å². The fraction of sp³-hybridized carbons (Fsp3) is 0.538. The predicted molar refractivity (Wildman–Crippen MR) is 154 cm³/mol. The summed E-state index contributed by atoms with van der Waals surface area (Å²) < 4.78 is 7.46. The van der Waals surface area contributed by atoms with Crippen LogP contribution in [0.2, 0.25) is 55.3 Å². The molecule has 2 unspecified atom stereocenters. The van der Waals surface area contributed by atoms with E-state index < -0.39 is 16.6 Å². The molecular formula is C26H38Cl4OSi2. The number of halogens is 4. The molecule has 0 heterocycles. The van der Waals surface area contributed by atoms with E-state index in [0.29, 0.717) is 20.1 Å². The van der Waals surface area contributed by atoms with Gasteiger partial charge >= 0.3 is 0 Å². The Morgan fingerprint density at radius 1 is 0.576 bits per heavy atom. The molecule has 1 nitrogen and oxygen atoms in total. The van der Waals surface area contributed by atoms with Gasteiger partial charge in [0, 0.05) is 20.1 Å². The molecule has 0 fully saturated rings. The van der Waals surface area contributed by atoms with Crippen molar-refractivity contribution in [2.24, 2.45) is 0 Å². The highest BCUT2D eigenvalue weighted by Crippen LogP contribution is 2.48. The van der Waals surface area contributed by atoms with Crippen molar-refractivity contribution in [3.05, 3.63) is 67.6 Å². The predicted octanol–water partition coefficient (Wildman–Crippen LogP) is 10.9. The maximum absolute atomic E-state index is 7.46. The summed E-state index contributed by atoms with van der Waals surface area (Å²) >= 11 is 25.0. The summed E-state index contributed by atoms with van der Waals surface area (Å²) in [5.74, 6) is 0. The topological polar surface area (TPSA) is 9.23 Å². The number of benzene rings is 2. The molecule has 2 aromatic carbocycles. The third-order valence-corrected chi connectivity index (χ3v) is 20.5. The normalized spacial score (nSPS) is 16.4. The Morgan fingerprint density at radius 2 is 0.848 bits per heavy atom. The van der Waals surface area contributed by atoms with Gasteiger partial charge in [0.2, 0.25) is 0 Å². The maximum atomic E-state index is 7.46. The van der Waals surface area contributed by atoms with Crippen LogP contribution in [0, 0.1) is 0 Å². The Bertz CT molecular complexity index is 850. The molecule has 0 aliphatic rings. The molecular weight excluding hydrogens is 526 g/mol. The lowest BCUT2D eigenvalue weighted by Gasteiger charge is -2.50. The van der Waals surface area contributed by atoms with E-state index in [1.807, 2.05) is 24.3 Å². The molecule has 33 heavy (non-hydrogen) atoms. The van der Waals surface area contributed by atoms with Gasteiger partial charge < -0.3 is 4.12 Å². The van der Waals surface area contributed by atoms with Crippen LogP contribution in [0.1, 0.15) is 52.7 Å². The van der Waals surface area contributed by atoms with Crippen molar-refractivity contribution in [2.45, 2.75) is 89.6 Å². The molecule has 0 bridgehead atoms. The molecule has 0 saturated carbocycles. The highest BCUT2D eigenvalue weighted by atomic mass is 35.5. The van der Waals surface area contributed by atoms with E-state index in [-0.39, 0.29) is 10.1 Å². The van der Waals surface area contributed by atoms with Crippen LogP contribution in [-0.4, -0.2) is 16.6 Å². The molecule has 0 spiro atoms. The minimum atomic E-state index is -2.15. The summed E-state index contributed by atoms with van der Waals surface area (Å²) in [4.78, 5) is 0. The second kappa shape index (κ2) is 10.9. The van der Waals surface area contributed by atoms with Crippen LogP contribution >= 0.6 is 46.4 Å². The van der Waals surface area contributed by atoms with Crippen LogP contribution in [-0.2, 0) is 17.0 Å². The van der Waals surface area contributed by atoms with Crippen molar-refractivity contribution in [3.63, 3.8) is 0 Å². The molecule has 0 saturated heterocycles. The molecule has 2 aromatic rings. The Labute approximate surface area is 223 Å². The summed E-state index contributed by atoms with van der Waals surface area (Å²) in [6, 6.07) is 13.7. The third-order valence-electron chi connectivity index (χ3n) is 7.25. The van der Waals surface area contributed by atoms with Crippen molar-refractivity contribution >= 4 is 63.0 Å². The van der Waals surface area contributed by atoms with Gasteiger partial charge in [0.15, 0.2) is 16.6 Å². The summed E-state index contributed by atoms with van der Waals surface area (Å²) in [6.07, 6.45) is 1.83. The van der Waals surface area contributed by atoms with Gasteiger partial charge in [0.1, 0.15) is 0 Å². The SMILES string of the molecule is CC(C)(C)[Si](C)(CCc1cc(Cl)cc(Cl)c1)O[Si](C)(CCc1cc(Cl)cc(Cl)c1)C(C)(C)C. The lowest BCUT2D eigenvalue weighted by Crippen LogP contribution is -2.57. The van der Waals surface area contributed by atoms with Crippen molar-refractivity contribution in [1.29, 1.82) is 0 Å². The number of aryl methyl sites for hydroxylation is 2. The standard InChI is InChI=1S/C26H38Cl4OSi2/c1-25(2,3)32(7,11-9-19-13-21(27)17-22(28)14-19)31-33(8,26(4,5)6)12-10-20-15-23(29)18-24(30)16-20/h13-18H,9-12H2,1-8H3. The lowest BCUT2D eigenvalue weighted by molar-refractivity contribution is 0.431. The minimum Gasteiger partial charge on any atom is -0.454 e. The molecule has 0 aromatic heterocycles. The summed E-state index contributed by atoms with van der Waals surface area (Å²) in [5.41, 5.74) is 2.35. The molecule has 7 heteroatoms. The van der Waals surface area contributed by atoms with Gasteiger partial charge in [-0.2, -0.15) is 0 Å². The van der Waals surface area contributed by atoms with Crippen LogP contribution in [0.25, 0.3) is 0 Å². The zero-order valence-corrected chi connectivity index (χ0v) is 26.2. The van der Waals surface area contributed by atoms with E-state index in [1.54, 1.807) is 12.1 Å². The van der Waals surface area contributed by atoms with Crippen molar-refractivity contribution < 1.29 is 4.12 Å². The minimum absolute atomic E-state index is 0.0915. The first kappa shape index (κ1) is 29.2. The highest BCUT2D eigenvalue weighted by molar-refractivity contribution is 6.88. The number of hydrogen-bond donors (Lipinski definition) is 0. The van der Waals surface area contributed by atoms with Gasteiger partial charge in [-0.05, 0) is 95.6 Å². The lowest BCUT2D eigenvalue weighted by atomic mass is 10.2. The Hall–Kier alpha value is -0.00623. The van der Waals surface area contributed by atoms with Gasteiger partial charge in [0.25, 0.3) is 0 Å². The van der Waals surface area contributed by atoms with Crippen molar-refractivity contribution in [3.8, 4) is 0 Å². The van der Waals surface area contributed by atoms with Crippen molar-refractivity contribution in [1.82, 2.24) is 0 Å². The first-order chi connectivity index (χ1) is 14.9. The van der Waals surface area contributed by atoms with E-state index in [2.05, 4.69) is 54.6 Å². The molecule has 0 N–H and O–H groups in total. The average Bonchev–Trinajstić information content (AvgIpc) is 2.61. The largest absolute Gasteiger partial charge is 0.454 e. The number of rotatable bonds is 8. The smallest absolute Gasteiger partial charge is 0.182 e. The van der Waals surface area contributed by atoms with Crippen molar-refractivity contribution in [2.75, 3.05) is 0 Å². The molecule has 2 atom stereocenters. The van der Waals surface area contributed by atoms with Crippen LogP contribution in [0.3, 0.4) is 0 Å². The van der Waals surface area contributed by atoms with Crippen LogP contribution < -0.4 is 0 Å². The van der Waals surface area contributed by atoms with E-state index >= 15 is 0 Å². The average molecular weight is 565 g/mol. The third kappa shape index (κ3) is 8.00. The molecule has 2 rings (SSSR count). The van der Waals surface area contributed by atoms with Crippen LogP contribution in [0.5, 0.6) is 0 Å². The van der Waals surface area contributed by atoms with E-state index in [9.17, 15) is 0 Å². The maximum Gasteiger partial charge on any atom is 0.182 e. The Morgan fingerprint density at radius 3 is 1.09 bits per heavy atom. The van der Waals surface area contributed by atoms with E-state index in [1.165, 1.54) is 11.1 Å². The van der Waals surface area contributed by atoms with Crippen LogP contribution in [0.15, 0.2) is 36.4 Å². The Kier molecular flexibility index (Phi) is 9.69. The fourth-order valence-corrected chi connectivity index (χ4v) is 15.3. The quantitative estimate of drug-likeness (QED) is 0.290. The van der Waals surface area contributed by atoms with Crippen LogP contribution in [0.4, 0.5) is 0 Å². The zero-order valence-electron chi connectivity index (χ0n) is 21.2. The monoisotopic (exact) mass is 562 g/mol. The molecule has 0 aliphatic heterocycles. The van der Waals surface area contributed by atoms with Gasteiger partial charge in [-0.1, -0.05) is 87.9 Å². The van der Waals surface area contributed by atoms with Gasteiger partial charge in [-0.3, -0.25) is 0 Å². The Balaban J connectivity index is 2.31. The van der Waals surface area contributed by atoms with Gasteiger partial charge in [-0.25, -0.2) is 0 Å². The van der Waals surface area contributed by atoms with Gasteiger partial charge in [-0.15, -0.1) is 0 Å². The molecule has 184 valence electrons. The first-order valence-corrected chi connectivity index (χ1v) is 18.3. The molecule has 0 aliphatic carbocycles. The van der Waals surface area contributed by atoms with E-state index in [0.717, 1.165) is 24.9 Å². The summed E-state index contributed by atoms with van der Waals surface area (Å²) in [5, 5.41) is 2.93. The number of hydrogen-bond acceptors (Lipinski definition) is 1. The van der Waals surface area contributed by atoms with E-state index in [4.69, 9.17) is 50.5 Å². The molecule has 0 radical (unpaired) electrons.